The van der Waals surface area contributed by atoms with Crippen molar-refractivity contribution in [1.29, 1.82) is 0 Å². The van der Waals surface area contributed by atoms with Crippen LogP contribution in [-0.4, -0.2) is 33.7 Å². The largest absolute Gasteiger partial charge is 0.308 e. The quantitative estimate of drug-likeness (QED) is 0.398. The Morgan fingerprint density at radius 3 is 2.47 bits per heavy atom. The van der Waals surface area contributed by atoms with Crippen molar-refractivity contribution in [3.63, 3.8) is 0 Å². The normalized spacial score (nSPS) is 15.1. The highest BCUT2D eigenvalue weighted by molar-refractivity contribution is 7.22. The molecule has 0 aliphatic carbocycles. The van der Waals surface area contributed by atoms with Crippen molar-refractivity contribution < 1.29 is 18.0 Å². The minimum absolute atomic E-state index is 0.204. The highest BCUT2D eigenvalue weighted by Gasteiger charge is 2.28. The first kappa shape index (κ1) is 22.5. The molecule has 0 bridgehead atoms. The maximum absolute atomic E-state index is 14.0. The summed E-state index contributed by atoms with van der Waals surface area (Å²) in [6, 6.07) is 10.8. The van der Waals surface area contributed by atoms with Crippen molar-refractivity contribution in [1.82, 2.24) is 14.9 Å². The molecule has 3 heterocycles. The number of likely N-dealkylation sites (tertiary alicyclic amines) is 1. The van der Waals surface area contributed by atoms with Crippen LogP contribution in [0.5, 0.6) is 0 Å². The number of fused-ring (bicyclic) bond motifs is 1. The summed E-state index contributed by atoms with van der Waals surface area (Å²) >= 11 is 1.30. The van der Waals surface area contributed by atoms with Crippen molar-refractivity contribution in [3.05, 3.63) is 87.7 Å². The Bertz CT molecular complexity index is 1420. The fourth-order valence-electron chi connectivity index (χ4n) is 4.29. The average molecular weight is 484 g/mol. The number of aromatic amines is 1. The van der Waals surface area contributed by atoms with E-state index in [0.717, 1.165) is 28.6 Å². The van der Waals surface area contributed by atoms with Crippen LogP contribution in [-0.2, 0) is 6.54 Å². The predicted molar refractivity (Wildman–Crippen MR) is 124 cm³/mol. The van der Waals surface area contributed by atoms with Crippen molar-refractivity contribution in [3.8, 4) is 10.4 Å². The van der Waals surface area contributed by atoms with Crippen LogP contribution in [0.1, 0.15) is 29.0 Å². The lowest BCUT2D eigenvalue weighted by Gasteiger charge is -2.30. The van der Waals surface area contributed by atoms with Crippen LogP contribution in [0.15, 0.2) is 53.3 Å². The molecule has 1 N–H and O–H groups in total. The number of H-pyrrole nitrogens is 1. The Morgan fingerprint density at radius 2 is 1.74 bits per heavy atom. The van der Waals surface area contributed by atoms with Crippen LogP contribution in [0.3, 0.4) is 0 Å². The second-order valence-corrected chi connectivity index (χ2v) is 9.44. The van der Waals surface area contributed by atoms with Gasteiger partial charge in [0, 0.05) is 10.8 Å². The Balaban J connectivity index is 1.28. The molecule has 1 aliphatic heterocycles. The van der Waals surface area contributed by atoms with Gasteiger partial charge in [0.15, 0.2) is 5.78 Å². The molecule has 5 rings (SSSR count). The monoisotopic (exact) mass is 483 g/mol. The molecule has 0 atom stereocenters. The second kappa shape index (κ2) is 9.15. The van der Waals surface area contributed by atoms with E-state index < -0.39 is 11.6 Å². The number of halogens is 3. The van der Waals surface area contributed by atoms with Gasteiger partial charge in [0.2, 0.25) is 0 Å². The first-order chi connectivity index (χ1) is 16.4. The van der Waals surface area contributed by atoms with E-state index in [1.54, 1.807) is 12.1 Å². The second-order valence-electron chi connectivity index (χ2n) is 8.38. The van der Waals surface area contributed by atoms with Gasteiger partial charge < -0.3 is 4.98 Å². The summed E-state index contributed by atoms with van der Waals surface area (Å²) in [6.45, 7) is 1.54. The Kier molecular flexibility index (Phi) is 6.05. The van der Waals surface area contributed by atoms with Crippen LogP contribution < -0.4 is 5.56 Å². The third-order valence-electron chi connectivity index (χ3n) is 6.09. The van der Waals surface area contributed by atoms with E-state index in [4.69, 9.17) is 0 Å². The third-order valence-corrected chi connectivity index (χ3v) is 7.26. The van der Waals surface area contributed by atoms with Crippen LogP contribution >= 0.6 is 11.3 Å². The van der Waals surface area contributed by atoms with E-state index in [0.29, 0.717) is 48.5 Å². The number of piperidine rings is 1. The maximum atomic E-state index is 14.0. The molecular weight excluding hydrogens is 463 g/mol. The smallest absolute Gasteiger partial charge is 0.268 e. The zero-order valence-electron chi connectivity index (χ0n) is 18.0. The van der Waals surface area contributed by atoms with Gasteiger partial charge in [0.05, 0.1) is 17.6 Å². The fourth-order valence-corrected chi connectivity index (χ4v) is 5.29. The number of benzene rings is 2. The highest BCUT2D eigenvalue weighted by Crippen LogP contribution is 2.31. The fraction of sp³-hybridized carbons (Fsp3) is 0.240. The minimum atomic E-state index is -0.709. The first-order valence-electron chi connectivity index (χ1n) is 10.9. The molecule has 0 spiro atoms. The molecule has 2 aromatic carbocycles. The first-order valence-corrected chi connectivity index (χ1v) is 11.7. The van der Waals surface area contributed by atoms with Gasteiger partial charge in [-0.3, -0.25) is 14.5 Å². The number of Topliss-reactive ketones (excluding diaryl/α,β-unsaturated/α-hetero) is 1. The van der Waals surface area contributed by atoms with Crippen molar-refractivity contribution in [2.45, 2.75) is 19.4 Å². The van der Waals surface area contributed by atoms with Crippen LogP contribution in [0, 0.1) is 23.4 Å². The Morgan fingerprint density at radius 1 is 1.03 bits per heavy atom. The SMILES string of the molecule is O=C(c1cc(F)ccc1F)C1CCN(Cc2nc3cc(-c4ccc(F)cc4)sc3c(=O)[nH]2)CC1. The molecule has 34 heavy (non-hydrogen) atoms. The molecule has 1 saturated heterocycles. The lowest BCUT2D eigenvalue weighted by atomic mass is 9.88. The third kappa shape index (κ3) is 4.53. The van der Waals surface area contributed by atoms with Gasteiger partial charge in [-0.15, -0.1) is 11.3 Å². The molecular formula is C25H20F3N3O2S. The number of thiophene rings is 1. The van der Waals surface area contributed by atoms with Crippen LogP contribution in [0.4, 0.5) is 13.2 Å². The average Bonchev–Trinajstić information content (AvgIpc) is 3.26. The molecule has 1 aliphatic rings. The number of hydrogen-bond donors (Lipinski definition) is 1. The lowest BCUT2D eigenvalue weighted by Crippen LogP contribution is -2.36. The molecule has 174 valence electrons. The highest BCUT2D eigenvalue weighted by atomic mass is 32.1. The molecule has 2 aromatic heterocycles. The summed E-state index contributed by atoms with van der Waals surface area (Å²) < 4.78 is 41.2. The summed E-state index contributed by atoms with van der Waals surface area (Å²) in [5.41, 5.74) is 0.955. The molecule has 0 unspecified atom stereocenters. The van der Waals surface area contributed by atoms with Crippen molar-refractivity contribution >= 4 is 27.3 Å². The van der Waals surface area contributed by atoms with E-state index in [2.05, 4.69) is 14.9 Å². The van der Waals surface area contributed by atoms with Crippen molar-refractivity contribution in [2.75, 3.05) is 13.1 Å². The van der Waals surface area contributed by atoms with Crippen molar-refractivity contribution in [2.24, 2.45) is 5.92 Å². The van der Waals surface area contributed by atoms with Crippen LogP contribution in [0.25, 0.3) is 20.7 Å². The maximum Gasteiger partial charge on any atom is 0.268 e. The number of rotatable bonds is 5. The van der Waals surface area contributed by atoms with Gasteiger partial charge in [-0.1, -0.05) is 12.1 Å². The van der Waals surface area contributed by atoms with Gasteiger partial charge in [-0.25, -0.2) is 18.2 Å². The van der Waals surface area contributed by atoms with Gasteiger partial charge in [-0.05, 0) is 67.9 Å². The summed E-state index contributed by atoms with van der Waals surface area (Å²) in [4.78, 5) is 35.6. The molecule has 5 nitrogen and oxygen atoms in total. The Labute approximate surface area is 196 Å². The van der Waals surface area contributed by atoms with Crippen LogP contribution in [0.2, 0.25) is 0 Å². The van der Waals surface area contributed by atoms with E-state index in [1.165, 1.54) is 23.5 Å². The summed E-state index contributed by atoms with van der Waals surface area (Å²) in [5, 5.41) is 0. The summed E-state index contributed by atoms with van der Waals surface area (Å²) in [7, 11) is 0. The number of nitrogens with zero attached hydrogens (tertiary/aromatic N) is 2. The zero-order valence-corrected chi connectivity index (χ0v) is 18.8. The van der Waals surface area contributed by atoms with Gasteiger partial charge in [0.1, 0.15) is 28.0 Å². The molecule has 0 saturated carbocycles. The number of ketones is 1. The number of aromatic nitrogens is 2. The standard InChI is InChI=1S/C25H20F3N3O2S/c26-16-3-1-14(2-4-16)21-12-20-24(34-21)25(33)30-22(29-20)13-31-9-7-15(8-10-31)23(32)18-11-17(27)5-6-19(18)28/h1-6,11-12,15H,7-10,13H2,(H,29,30,33). The molecule has 0 amide bonds. The van der Waals surface area contributed by atoms with Gasteiger partial charge in [-0.2, -0.15) is 0 Å². The topological polar surface area (TPSA) is 66.1 Å². The molecule has 0 radical (unpaired) electrons. The molecule has 4 aromatic rings. The van der Waals surface area contributed by atoms with Gasteiger partial charge >= 0.3 is 0 Å². The summed E-state index contributed by atoms with van der Waals surface area (Å²) in [6.07, 6.45) is 1.02. The zero-order chi connectivity index (χ0) is 23.8. The van der Waals surface area contributed by atoms with E-state index in [-0.39, 0.29) is 28.6 Å². The number of carbonyl (C=O) groups excluding carboxylic acids is 1. The lowest BCUT2D eigenvalue weighted by molar-refractivity contribution is 0.0828. The molecule has 1 fully saturated rings. The minimum Gasteiger partial charge on any atom is -0.308 e. The molecule has 9 heteroatoms. The van der Waals surface area contributed by atoms with E-state index in [9.17, 15) is 22.8 Å². The summed E-state index contributed by atoms with van der Waals surface area (Å²) in [5.74, 6) is -1.91. The van der Waals surface area contributed by atoms with Gasteiger partial charge in [0.25, 0.3) is 5.56 Å². The number of carbonyl (C=O) groups is 1. The van der Waals surface area contributed by atoms with E-state index >= 15 is 0 Å². The number of nitrogens with one attached hydrogen (secondary N) is 1. The van der Waals surface area contributed by atoms with E-state index in [1.807, 2.05) is 6.07 Å². The predicted octanol–water partition coefficient (Wildman–Crippen LogP) is 5.16. The number of hydrogen-bond acceptors (Lipinski definition) is 5. The Hall–Kier alpha value is -3.30.